The van der Waals surface area contributed by atoms with Gasteiger partial charge in [-0.2, -0.15) is 0 Å². The molecule has 1 amide bonds. The lowest BCUT2D eigenvalue weighted by atomic mass is 10.0. The van der Waals surface area contributed by atoms with E-state index in [4.69, 9.17) is 5.41 Å². The van der Waals surface area contributed by atoms with E-state index in [1.807, 2.05) is 13.0 Å². The van der Waals surface area contributed by atoms with Gasteiger partial charge >= 0.3 is 0 Å². The molecule has 0 saturated heterocycles. The molecule has 126 valence electrons. The number of anilines is 1. The van der Waals surface area contributed by atoms with Crippen LogP contribution in [0, 0.1) is 24.2 Å². The number of amides is 1. The number of carbonyl (C=O) groups is 1. The summed E-state index contributed by atoms with van der Waals surface area (Å²) in [6, 6.07) is 1.98. The first-order valence-corrected chi connectivity index (χ1v) is 10.1. The number of thiophene rings is 1. The maximum Gasteiger partial charge on any atom is 0.267 e. The summed E-state index contributed by atoms with van der Waals surface area (Å²) < 4.78 is 0. The normalized spacial score (nSPS) is 22.4. The summed E-state index contributed by atoms with van der Waals surface area (Å²) in [5.74, 6) is 1.62. The van der Waals surface area contributed by atoms with Crippen LogP contribution >= 0.6 is 22.7 Å². The van der Waals surface area contributed by atoms with Gasteiger partial charge in [0, 0.05) is 11.6 Å². The summed E-state index contributed by atoms with van der Waals surface area (Å²) in [5.41, 5.74) is 2.12. The molecule has 4 rings (SSSR count). The molecule has 2 aromatic heterocycles. The highest BCUT2D eigenvalue weighted by atomic mass is 32.1. The Morgan fingerprint density at radius 1 is 1.42 bits per heavy atom. The van der Waals surface area contributed by atoms with E-state index in [1.165, 1.54) is 47.5 Å². The van der Waals surface area contributed by atoms with E-state index >= 15 is 0 Å². The van der Waals surface area contributed by atoms with Gasteiger partial charge in [0.05, 0.1) is 4.88 Å². The maximum atomic E-state index is 12.3. The summed E-state index contributed by atoms with van der Waals surface area (Å²) >= 11 is 2.84. The second-order valence-corrected chi connectivity index (χ2v) is 8.87. The van der Waals surface area contributed by atoms with E-state index in [2.05, 4.69) is 20.9 Å². The highest BCUT2D eigenvalue weighted by molar-refractivity contribution is 7.15. The molecule has 2 N–H and O–H groups in total. The lowest BCUT2D eigenvalue weighted by Gasteiger charge is -2.01. The van der Waals surface area contributed by atoms with E-state index in [9.17, 15) is 4.79 Å². The van der Waals surface area contributed by atoms with Gasteiger partial charge in [-0.1, -0.05) is 24.2 Å². The Morgan fingerprint density at radius 3 is 2.96 bits per heavy atom. The van der Waals surface area contributed by atoms with Crippen molar-refractivity contribution in [3.05, 3.63) is 26.9 Å². The van der Waals surface area contributed by atoms with Crippen molar-refractivity contribution < 1.29 is 4.79 Å². The van der Waals surface area contributed by atoms with Crippen LogP contribution in [0.15, 0.2) is 11.4 Å². The fourth-order valence-corrected chi connectivity index (χ4v) is 4.53. The minimum Gasteiger partial charge on any atom is -0.309 e. The summed E-state index contributed by atoms with van der Waals surface area (Å²) in [4.78, 5) is 13.0. The predicted molar refractivity (Wildman–Crippen MR) is 97.5 cm³/mol. The molecule has 2 heterocycles. The number of aromatic nitrogens is 2. The van der Waals surface area contributed by atoms with Crippen LogP contribution in [-0.2, 0) is 0 Å². The SMILES string of the molecule is Cc1nnc(NC(=O)c2cc(C3CC3C(=N)CCC3CC3)cs2)s1. The van der Waals surface area contributed by atoms with Crippen molar-refractivity contribution in [3.8, 4) is 0 Å². The lowest BCUT2D eigenvalue weighted by Crippen LogP contribution is -2.09. The first-order chi connectivity index (χ1) is 11.6. The Morgan fingerprint density at radius 2 is 2.25 bits per heavy atom. The van der Waals surface area contributed by atoms with Crippen LogP contribution in [0.1, 0.15) is 58.3 Å². The van der Waals surface area contributed by atoms with Gasteiger partial charge in [0.1, 0.15) is 5.01 Å². The smallest absolute Gasteiger partial charge is 0.267 e. The molecule has 2 atom stereocenters. The van der Waals surface area contributed by atoms with Crippen LogP contribution in [0.5, 0.6) is 0 Å². The van der Waals surface area contributed by atoms with Gasteiger partial charge in [-0.15, -0.1) is 21.5 Å². The van der Waals surface area contributed by atoms with Gasteiger partial charge in [-0.05, 0) is 55.0 Å². The maximum absolute atomic E-state index is 12.3. The monoisotopic (exact) mass is 360 g/mol. The second-order valence-electron chi connectivity index (χ2n) is 6.78. The van der Waals surface area contributed by atoms with Gasteiger partial charge in [0.15, 0.2) is 0 Å². The summed E-state index contributed by atoms with van der Waals surface area (Å²) in [7, 11) is 0. The largest absolute Gasteiger partial charge is 0.309 e. The lowest BCUT2D eigenvalue weighted by molar-refractivity contribution is 0.103. The number of carbonyl (C=O) groups excluding carboxylic acids is 1. The second kappa shape index (κ2) is 6.37. The fraction of sp³-hybridized carbons (Fsp3) is 0.529. The zero-order chi connectivity index (χ0) is 16.7. The molecule has 2 aliphatic rings. The number of nitrogens with zero attached hydrogens (tertiary/aromatic N) is 2. The van der Waals surface area contributed by atoms with Gasteiger partial charge < -0.3 is 5.41 Å². The quantitative estimate of drug-likeness (QED) is 0.715. The fourth-order valence-electron chi connectivity index (χ4n) is 3.07. The molecule has 2 aromatic rings. The molecule has 2 fully saturated rings. The van der Waals surface area contributed by atoms with Gasteiger partial charge in [0.25, 0.3) is 5.91 Å². The first-order valence-electron chi connectivity index (χ1n) is 8.37. The van der Waals surface area contributed by atoms with E-state index in [0.717, 1.165) is 29.5 Å². The third kappa shape index (κ3) is 3.57. The Labute approximate surface area is 149 Å². The summed E-state index contributed by atoms with van der Waals surface area (Å²) in [5, 5.41) is 22.3. The molecule has 2 aliphatic carbocycles. The van der Waals surface area contributed by atoms with E-state index in [-0.39, 0.29) is 5.91 Å². The number of hydrogen-bond acceptors (Lipinski definition) is 6. The highest BCUT2D eigenvalue weighted by Crippen LogP contribution is 2.50. The molecule has 2 saturated carbocycles. The summed E-state index contributed by atoms with van der Waals surface area (Å²) in [6.45, 7) is 1.86. The molecule has 5 nitrogen and oxygen atoms in total. The zero-order valence-electron chi connectivity index (χ0n) is 13.5. The van der Waals surface area contributed by atoms with Crippen LogP contribution < -0.4 is 5.32 Å². The number of rotatable bonds is 7. The molecule has 0 spiro atoms. The summed E-state index contributed by atoms with van der Waals surface area (Å²) in [6.07, 6.45) is 5.94. The first kappa shape index (κ1) is 15.9. The predicted octanol–water partition coefficient (Wildman–Crippen LogP) is 4.47. The molecule has 24 heavy (non-hydrogen) atoms. The molecular weight excluding hydrogens is 340 g/mol. The molecule has 0 radical (unpaired) electrons. The highest BCUT2D eigenvalue weighted by Gasteiger charge is 2.42. The van der Waals surface area contributed by atoms with E-state index in [0.29, 0.717) is 21.8 Å². The van der Waals surface area contributed by atoms with Crippen molar-refractivity contribution in [2.45, 2.75) is 44.9 Å². The zero-order valence-corrected chi connectivity index (χ0v) is 15.2. The van der Waals surface area contributed by atoms with E-state index < -0.39 is 0 Å². The van der Waals surface area contributed by atoms with Crippen molar-refractivity contribution in [2.24, 2.45) is 11.8 Å². The Kier molecular flexibility index (Phi) is 4.22. The molecular formula is C17H20N4OS2. The molecule has 0 bridgehead atoms. The number of aryl methyl sites for hydroxylation is 1. The number of nitrogens with one attached hydrogen (secondary N) is 2. The minimum absolute atomic E-state index is 0.122. The van der Waals surface area contributed by atoms with Gasteiger partial charge in [0.2, 0.25) is 5.13 Å². The van der Waals surface area contributed by atoms with Crippen molar-refractivity contribution >= 4 is 39.4 Å². The average molecular weight is 361 g/mol. The van der Waals surface area contributed by atoms with Gasteiger partial charge in [-0.3, -0.25) is 10.1 Å². The van der Waals surface area contributed by atoms with Crippen molar-refractivity contribution in [1.82, 2.24) is 10.2 Å². The Hall–Kier alpha value is -1.60. The molecule has 7 heteroatoms. The van der Waals surface area contributed by atoms with Crippen molar-refractivity contribution in [3.63, 3.8) is 0 Å². The Bertz CT molecular complexity index is 777. The van der Waals surface area contributed by atoms with Crippen molar-refractivity contribution in [1.29, 1.82) is 5.41 Å². The molecule has 0 aromatic carbocycles. The third-order valence-electron chi connectivity index (χ3n) is 4.78. The topological polar surface area (TPSA) is 78.7 Å². The average Bonchev–Trinajstić information content (AvgIpc) is 3.47. The van der Waals surface area contributed by atoms with Crippen LogP contribution in [0.4, 0.5) is 5.13 Å². The van der Waals surface area contributed by atoms with Crippen LogP contribution in [0.2, 0.25) is 0 Å². The van der Waals surface area contributed by atoms with Crippen LogP contribution in [-0.4, -0.2) is 21.8 Å². The van der Waals surface area contributed by atoms with Gasteiger partial charge in [-0.25, -0.2) is 0 Å². The van der Waals surface area contributed by atoms with Crippen LogP contribution in [0.3, 0.4) is 0 Å². The minimum atomic E-state index is -0.122. The molecule has 2 unspecified atom stereocenters. The molecule has 0 aliphatic heterocycles. The third-order valence-corrected chi connectivity index (χ3v) is 6.48. The Balaban J connectivity index is 1.33. The standard InChI is InChI=1S/C17H20N4OS2/c1-9-20-21-17(24-9)19-16(22)15-6-11(8-23-15)12-7-13(12)14(18)5-4-10-2-3-10/h6,8,10,12-13,18H,2-5,7H2,1H3,(H,19,21,22). The van der Waals surface area contributed by atoms with Crippen LogP contribution in [0.25, 0.3) is 0 Å². The van der Waals surface area contributed by atoms with E-state index in [1.54, 1.807) is 0 Å². The number of hydrogen-bond donors (Lipinski definition) is 2. The van der Waals surface area contributed by atoms with Crippen molar-refractivity contribution in [2.75, 3.05) is 5.32 Å².